The lowest BCUT2D eigenvalue weighted by Gasteiger charge is -2.03. The average molecular weight is 148 g/mol. The number of hydrogen-bond acceptors (Lipinski definition) is 1. The first kappa shape index (κ1) is 7.86. The van der Waals surface area contributed by atoms with E-state index in [0.717, 1.165) is 16.7 Å². The highest BCUT2D eigenvalue weighted by molar-refractivity contribution is 5.56. The Morgan fingerprint density at radius 3 is 2.45 bits per heavy atom. The second-order valence-corrected chi connectivity index (χ2v) is 2.70. The molecule has 1 aromatic carbocycles. The van der Waals surface area contributed by atoms with Gasteiger partial charge in [0.05, 0.1) is 0 Å². The topological polar surface area (TPSA) is 20.2 Å². The molecule has 0 unspecified atom stereocenters. The number of rotatable bonds is 1. The van der Waals surface area contributed by atoms with Crippen molar-refractivity contribution in [2.75, 3.05) is 0 Å². The van der Waals surface area contributed by atoms with Crippen LogP contribution in [0.1, 0.15) is 16.7 Å². The van der Waals surface area contributed by atoms with Crippen LogP contribution in [0.4, 0.5) is 0 Å². The van der Waals surface area contributed by atoms with Crippen LogP contribution in [-0.4, -0.2) is 5.11 Å². The third kappa shape index (κ3) is 1.43. The van der Waals surface area contributed by atoms with E-state index in [9.17, 15) is 5.11 Å². The van der Waals surface area contributed by atoms with Crippen molar-refractivity contribution in [3.8, 4) is 5.75 Å². The summed E-state index contributed by atoms with van der Waals surface area (Å²) in [4.78, 5) is 0. The fraction of sp³-hybridized carbons (Fsp3) is 0.200. The van der Waals surface area contributed by atoms with Gasteiger partial charge in [-0.2, -0.15) is 0 Å². The average Bonchev–Trinajstić information content (AvgIpc) is 1.97. The molecule has 0 aromatic heterocycles. The molecule has 1 aromatic rings. The number of phenolic OH excluding ortho intramolecular Hbond substituents is 1. The van der Waals surface area contributed by atoms with Gasteiger partial charge in [0, 0.05) is 0 Å². The van der Waals surface area contributed by atoms with E-state index in [0.29, 0.717) is 5.75 Å². The van der Waals surface area contributed by atoms with Gasteiger partial charge in [-0.25, -0.2) is 0 Å². The maximum absolute atomic E-state index is 9.31. The highest BCUT2D eigenvalue weighted by Crippen LogP contribution is 2.21. The van der Waals surface area contributed by atoms with Crippen LogP contribution in [0.15, 0.2) is 18.7 Å². The van der Waals surface area contributed by atoms with Gasteiger partial charge in [0.2, 0.25) is 0 Å². The molecule has 0 saturated heterocycles. The second kappa shape index (κ2) is 2.79. The molecule has 0 aliphatic heterocycles. The van der Waals surface area contributed by atoms with Crippen molar-refractivity contribution in [1.29, 1.82) is 0 Å². The molecule has 0 radical (unpaired) electrons. The Labute approximate surface area is 67.0 Å². The van der Waals surface area contributed by atoms with E-state index in [2.05, 4.69) is 6.58 Å². The minimum atomic E-state index is 0.338. The first-order valence-corrected chi connectivity index (χ1v) is 3.58. The van der Waals surface area contributed by atoms with Gasteiger partial charge in [0.15, 0.2) is 0 Å². The van der Waals surface area contributed by atoms with Gasteiger partial charge in [-0.05, 0) is 36.6 Å². The first-order valence-electron chi connectivity index (χ1n) is 3.58. The highest BCUT2D eigenvalue weighted by atomic mass is 16.3. The number of aryl methyl sites for hydroxylation is 2. The van der Waals surface area contributed by atoms with E-state index in [-0.39, 0.29) is 0 Å². The molecule has 1 N–H and O–H groups in total. The van der Waals surface area contributed by atoms with Gasteiger partial charge in [0.1, 0.15) is 5.75 Å². The molecule has 58 valence electrons. The normalized spacial score (nSPS) is 9.64. The zero-order valence-corrected chi connectivity index (χ0v) is 6.89. The van der Waals surface area contributed by atoms with Crippen molar-refractivity contribution in [3.63, 3.8) is 0 Å². The molecule has 0 amide bonds. The van der Waals surface area contributed by atoms with Crippen molar-refractivity contribution in [2.24, 2.45) is 0 Å². The summed E-state index contributed by atoms with van der Waals surface area (Å²) in [6.07, 6.45) is 1.74. The Hall–Kier alpha value is -1.24. The first-order chi connectivity index (χ1) is 5.15. The largest absolute Gasteiger partial charge is 0.508 e. The van der Waals surface area contributed by atoms with Crippen molar-refractivity contribution < 1.29 is 5.11 Å². The summed E-state index contributed by atoms with van der Waals surface area (Å²) >= 11 is 0. The molecule has 1 nitrogen and oxygen atoms in total. The molecular formula is C10H12O. The lowest BCUT2D eigenvalue weighted by Crippen LogP contribution is -1.82. The Balaban J connectivity index is 3.31. The molecule has 0 atom stereocenters. The van der Waals surface area contributed by atoms with Crippen LogP contribution in [0.25, 0.3) is 6.08 Å². The third-order valence-electron chi connectivity index (χ3n) is 1.80. The van der Waals surface area contributed by atoms with Crippen LogP contribution < -0.4 is 0 Å². The Morgan fingerprint density at radius 2 is 1.91 bits per heavy atom. The monoisotopic (exact) mass is 148 g/mol. The number of aromatic hydroxyl groups is 1. The van der Waals surface area contributed by atoms with Crippen molar-refractivity contribution in [2.45, 2.75) is 13.8 Å². The lowest BCUT2D eigenvalue weighted by molar-refractivity contribution is 0.471. The predicted octanol–water partition coefficient (Wildman–Crippen LogP) is 2.65. The van der Waals surface area contributed by atoms with Crippen molar-refractivity contribution >= 4 is 6.08 Å². The smallest absolute Gasteiger partial charge is 0.119 e. The van der Waals surface area contributed by atoms with Gasteiger partial charge in [-0.15, -0.1) is 0 Å². The highest BCUT2D eigenvalue weighted by Gasteiger charge is 1.99. The quantitative estimate of drug-likeness (QED) is 0.649. The van der Waals surface area contributed by atoms with Crippen LogP contribution in [0.2, 0.25) is 0 Å². The fourth-order valence-corrected chi connectivity index (χ4v) is 1.08. The van der Waals surface area contributed by atoms with Gasteiger partial charge in [0.25, 0.3) is 0 Å². The molecule has 11 heavy (non-hydrogen) atoms. The SMILES string of the molecule is C=Cc1cc(O)c(C)cc1C. The van der Waals surface area contributed by atoms with Crippen molar-refractivity contribution in [3.05, 3.63) is 35.4 Å². The summed E-state index contributed by atoms with van der Waals surface area (Å²) in [5.41, 5.74) is 3.05. The fourth-order valence-electron chi connectivity index (χ4n) is 1.08. The summed E-state index contributed by atoms with van der Waals surface area (Å²) < 4.78 is 0. The molecule has 0 saturated carbocycles. The van der Waals surface area contributed by atoms with E-state index >= 15 is 0 Å². The van der Waals surface area contributed by atoms with Gasteiger partial charge >= 0.3 is 0 Å². The van der Waals surface area contributed by atoms with Gasteiger partial charge < -0.3 is 5.11 Å². The molecule has 0 bridgehead atoms. The van der Waals surface area contributed by atoms with Gasteiger partial charge in [-0.1, -0.05) is 18.7 Å². The zero-order valence-electron chi connectivity index (χ0n) is 6.89. The molecule has 1 rings (SSSR count). The number of phenols is 1. The Kier molecular flexibility index (Phi) is 1.99. The van der Waals surface area contributed by atoms with Crippen LogP contribution in [0.3, 0.4) is 0 Å². The number of hydrogen-bond donors (Lipinski definition) is 1. The predicted molar refractivity (Wildman–Crippen MR) is 47.7 cm³/mol. The van der Waals surface area contributed by atoms with Gasteiger partial charge in [-0.3, -0.25) is 0 Å². The molecule has 1 heteroatoms. The molecule has 0 spiro atoms. The second-order valence-electron chi connectivity index (χ2n) is 2.70. The minimum Gasteiger partial charge on any atom is -0.508 e. The standard InChI is InChI=1S/C10H12O/c1-4-9-6-10(11)8(3)5-7(9)2/h4-6,11H,1H2,2-3H3. The van der Waals surface area contributed by atoms with Crippen molar-refractivity contribution in [1.82, 2.24) is 0 Å². The van der Waals surface area contributed by atoms with E-state index in [1.807, 2.05) is 19.9 Å². The minimum absolute atomic E-state index is 0.338. The molecule has 0 heterocycles. The Morgan fingerprint density at radius 1 is 1.27 bits per heavy atom. The van der Waals surface area contributed by atoms with Crippen LogP contribution in [-0.2, 0) is 0 Å². The maximum atomic E-state index is 9.31. The van der Waals surface area contributed by atoms with E-state index < -0.39 is 0 Å². The van der Waals surface area contributed by atoms with Crippen LogP contribution in [0.5, 0.6) is 5.75 Å². The summed E-state index contributed by atoms with van der Waals surface area (Å²) in [5.74, 6) is 0.338. The summed E-state index contributed by atoms with van der Waals surface area (Å²) in [6, 6.07) is 3.68. The third-order valence-corrected chi connectivity index (χ3v) is 1.80. The summed E-state index contributed by atoms with van der Waals surface area (Å²) in [5, 5.41) is 9.31. The molecule has 0 aliphatic rings. The molecule has 0 fully saturated rings. The van der Waals surface area contributed by atoms with Crippen LogP contribution >= 0.6 is 0 Å². The summed E-state index contributed by atoms with van der Waals surface area (Å²) in [6.45, 7) is 7.54. The Bertz CT molecular complexity index is 287. The molecule has 0 aliphatic carbocycles. The van der Waals surface area contributed by atoms with E-state index in [1.54, 1.807) is 12.1 Å². The van der Waals surface area contributed by atoms with Crippen LogP contribution in [0, 0.1) is 13.8 Å². The number of benzene rings is 1. The molecular weight excluding hydrogens is 136 g/mol. The lowest BCUT2D eigenvalue weighted by atomic mass is 10.1. The van der Waals surface area contributed by atoms with E-state index in [4.69, 9.17) is 0 Å². The zero-order chi connectivity index (χ0) is 8.43. The summed E-state index contributed by atoms with van der Waals surface area (Å²) in [7, 11) is 0. The maximum Gasteiger partial charge on any atom is 0.119 e. The van der Waals surface area contributed by atoms with E-state index in [1.165, 1.54) is 0 Å².